The number of rotatable bonds is 7. The second-order valence-electron chi connectivity index (χ2n) is 5.17. The molecule has 0 atom stereocenters. The molecular weight excluding hydrogens is 332 g/mol. The molecule has 26 heavy (non-hydrogen) atoms. The minimum Gasteiger partial charge on any atom is -0.497 e. The molecule has 0 aliphatic rings. The van der Waals surface area contributed by atoms with E-state index in [-0.39, 0.29) is 0 Å². The highest BCUT2D eigenvalue weighted by molar-refractivity contribution is 5.97. The maximum absolute atomic E-state index is 12.0. The Hall–Kier alpha value is -3.54. The highest BCUT2D eigenvalue weighted by Gasteiger charge is 2.06. The summed E-state index contributed by atoms with van der Waals surface area (Å²) >= 11 is 0. The van der Waals surface area contributed by atoms with Gasteiger partial charge in [0.2, 0.25) is 0 Å². The lowest BCUT2D eigenvalue weighted by atomic mass is 10.2. The van der Waals surface area contributed by atoms with Crippen LogP contribution in [0.5, 0.6) is 11.5 Å². The van der Waals surface area contributed by atoms with Gasteiger partial charge in [-0.3, -0.25) is 20.4 Å². The molecule has 2 aromatic rings. The molecule has 0 aliphatic carbocycles. The van der Waals surface area contributed by atoms with Crippen molar-refractivity contribution in [3.8, 4) is 11.5 Å². The average molecular weight is 352 g/mol. The molecule has 0 bridgehead atoms. The van der Waals surface area contributed by atoms with Crippen molar-refractivity contribution >= 4 is 17.9 Å². The molecule has 6 nitrogen and oxygen atoms in total. The van der Waals surface area contributed by atoms with Crippen LogP contribution in [-0.4, -0.2) is 25.5 Å². The minimum absolute atomic E-state index is 0.391. The van der Waals surface area contributed by atoms with E-state index in [1.54, 1.807) is 55.7 Å². The van der Waals surface area contributed by atoms with E-state index in [2.05, 4.69) is 17.4 Å². The van der Waals surface area contributed by atoms with Gasteiger partial charge in [-0.1, -0.05) is 24.8 Å². The van der Waals surface area contributed by atoms with Gasteiger partial charge in [0.1, 0.15) is 18.1 Å². The minimum atomic E-state index is -0.444. The molecule has 0 radical (unpaired) electrons. The van der Waals surface area contributed by atoms with Gasteiger partial charge < -0.3 is 9.47 Å². The smallest absolute Gasteiger partial charge is 0.269 e. The zero-order valence-corrected chi connectivity index (χ0v) is 14.4. The molecule has 0 unspecified atom stereocenters. The fourth-order valence-electron chi connectivity index (χ4n) is 1.98. The molecule has 2 N–H and O–H groups in total. The zero-order valence-electron chi connectivity index (χ0n) is 14.4. The molecular formula is C20H20N2O4. The maximum atomic E-state index is 12.0. The highest BCUT2D eigenvalue weighted by Crippen LogP contribution is 2.13. The summed E-state index contributed by atoms with van der Waals surface area (Å²) in [7, 11) is 1.59. The van der Waals surface area contributed by atoms with Crippen molar-refractivity contribution in [2.45, 2.75) is 0 Å². The number of carbonyl (C=O) groups excluding carboxylic acids is 2. The summed E-state index contributed by atoms with van der Waals surface area (Å²) in [5.41, 5.74) is 5.91. The van der Waals surface area contributed by atoms with Crippen molar-refractivity contribution in [2.75, 3.05) is 13.7 Å². The Balaban J connectivity index is 1.82. The summed E-state index contributed by atoms with van der Waals surface area (Å²) in [6, 6.07) is 13.8. The van der Waals surface area contributed by atoms with Gasteiger partial charge in [-0.2, -0.15) is 0 Å². The van der Waals surface area contributed by atoms with E-state index in [4.69, 9.17) is 9.47 Å². The van der Waals surface area contributed by atoms with Crippen LogP contribution in [0.1, 0.15) is 15.9 Å². The molecule has 0 aromatic heterocycles. The quantitative estimate of drug-likeness (QED) is 0.456. The van der Waals surface area contributed by atoms with Crippen molar-refractivity contribution in [2.24, 2.45) is 0 Å². The highest BCUT2D eigenvalue weighted by atomic mass is 16.5. The van der Waals surface area contributed by atoms with Crippen LogP contribution in [-0.2, 0) is 4.79 Å². The lowest BCUT2D eigenvalue weighted by molar-refractivity contribution is -0.117. The van der Waals surface area contributed by atoms with Gasteiger partial charge in [-0.25, -0.2) is 0 Å². The molecule has 0 aliphatic heterocycles. The van der Waals surface area contributed by atoms with E-state index in [0.717, 1.165) is 11.3 Å². The fraction of sp³-hybridized carbons (Fsp3) is 0.100. The first-order valence-corrected chi connectivity index (χ1v) is 7.88. The van der Waals surface area contributed by atoms with E-state index in [1.165, 1.54) is 6.08 Å². The average Bonchev–Trinajstić information content (AvgIpc) is 2.69. The Kier molecular flexibility index (Phi) is 7.00. The predicted octanol–water partition coefficient (Wildman–Crippen LogP) is 2.73. The van der Waals surface area contributed by atoms with Crippen molar-refractivity contribution in [3.63, 3.8) is 0 Å². The monoisotopic (exact) mass is 352 g/mol. The Morgan fingerprint density at radius 2 is 1.65 bits per heavy atom. The number of hydrogen-bond acceptors (Lipinski definition) is 4. The molecule has 134 valence electrons. The van der Waals surface area contributed by atoms with Crippen molar-refractivity contribution in [3.05, 3.63) is 78.4 Å². The zero-order chi connectivity index (χ0) is 18.8. The first-order valence-electron chi connectivity index (χ1n) is 7.88. The molecule has 6 heteroatoms. The fourth-order valence-corrected chi connectivity index (χ4v) is 1.98. The van der Waals surface area contributed by atoms with Crippen molar-refractivity contribution < 1.29 is 19.1 Å². The number of carbonyl (C=O) groups is 2. The predicted molar refractivity (Wildman–Crippen MR) is 99.8 cm³/mol. The summed E-state index contributed by atoms with van der Waals surface area (Å²) in [4.78, 5) is 23.8. The number of methoxy groups -OCH3 is 1. The number of hydrazine groups is 1. The van der Waals surface area contributed by atoms with E-state index < -0.39 is 11.8 Å². The second-order valence-corrected chi connectivity index (χ2v) is 5.17. The number of amides is 2. The number of nitrogens with one attached hydrogen (secondary N) is 2. The van der Waals surface area contributed by atoms with Crippen LogP contribution >= 0.6 is 0 Å². The van der Waals surface area contributed by atoms with Crippen molar-refractivity contribution in [1.82, 2.24) is 10.9 Å². The summed E-state index contributed by atoms with van der Waals surface area (Å²) in [5.74, 6) is 0.499. The number of ether oxygens (including phenoxy) is 2. The van der Waals surface area contributed by atoms with Gasteiger partial charge >= 0.3 is 0 Å². The summed E-state index contributed by atoms with van der Waals surface area (Å²) in [6.07, 6.45) is 4.59. The Morgan fingerprint density at radius 1 is 1.00 bits per heavy atom. The molecule has 0 saturated carbocycles. The van der Waals surface area contributed by atoms with Crippen LogP contribution in [0.3, 0.4) is 0 Å². The van der Waals surface area contributed by atoms with Gasteiger partial charge in [0, 0.05) is 11.6 Å². The SMILES string of the molecule is C=CCOc1ccc(C(=O)NNC(=O)/C=C/c2ccc(OC)cc2)cc1. The summed E-state index contributed by atoms with van der Waals surface area (Å²) in [5, 5.41) is 0. The first kappa shape index (κ1) is 18.8. The summed E-state index contributed by atoms with van der Waals surface area (Å²) in [6.45, 7) is 3.96. The normalized spacial score (nSPS) is 10.2. The lowest BCUT2D eigenvalue weighted by Gasteiger charge is -2.07. The largest absolute Gasteiger partial charge is 0.497 e. The molecule has 2 amide bonds. The molecule has 2 rings (SSSR count). The molecule has 0 spiro atoms. The van der Waals surface area contributed by atoms with Crippen LogP contribution < -0.4 is 20.3 Å². The second kappa shape index (κ2) is 9.68. The van der Waals surface area contributed by atoms with Crippen LogP contribution in [0.4, 0.5) is 0 Å². The standard InChI is InChI=1S/C20H20N2O4/c1-3-14-26-18-11-7-16(8-12-18)20(24)22-21-19(23)13-6-15-4-9-17(25-2)10-5-15/h3-13H,1,14H2,2H3,(H,21,23)(H,22,24)/b13-6+. The van der Waals surface area contributed by atoms with Gasteiger partial charge in [-0.05, 0) is 48.0 Å². The molecule has 0 heterocycles. The Morgan fingerprint density at radius 3 is 2.27 bits per heavy atom. The van der Waals surface area contributed by atoms with Gasteiger partial charge in [0.25, 0.3) is 11.8 Å². The van der Waals surface area contributed by atoms with E-state index in [0.29, 0.717) is 17.9 Å². The molecule has 0 fully saturated rings. The first-order chi connectivity index (χ1) is 12.6. The molecule has 2 aromatic carbocycles. The van der Waals surface area contributed by atoms with Crippen LogP contribution in [0.15, 0.2) is 67.3 Å². The Bertz CT molecular complexity index is 780. The van der Waals surface area contributed by atoms with E-state index in [9.17, 15) is 9.59 Å². The van der Waals surface area contributed by atoms with E-state index in [1.807, 2.05) is 12.1 Å². The molecule has 0 saturated heterocycles. The van der Waals surface area contributed by atoms with E-state index >= 15 is 0 Å². The van der Waals surface area contributed by atoms with Gasteiger partial charge in [0.05, 0.1) is 7.11 Å². The third-order valence-electron chi connectivity index (χ3n) is 3.33. The lowest BCUT2D eigenvalue weighted by Crippen LogP contribution is -2.40. The van der Waals surface area contributed by atoms with Gasteiger partial charge in [-0.15, -0.1) is 0 Å². The van der Waals surface area contributed by atoms with Crippen molar-refractivity contribution in [1.29, 1.82) is 0 Å². The maximum Gasteiger partial charge on any atom is 0.269 e. The van der Waals surface area contributed by atoms with Gasteiger partial charge in [0.15, 0.2) is 0 Å². The Labute approximate surface area is 152 Å². The summed E-state index contributed by atoms with van der Waals surface area (Å²) < 4.78 is 10.4. The number of hydrogen-bond donors (Lipinski definition) is 2. The third kappa shape index (κ3) is 5.83. The van der Waals surface area contributed by atoms with Crippen LogP contribution in [0, 0.1) is 0 Å². The topological polar surface area (TPSA) is 76.7 Å². The van der Waals surface area contributed by atoms with Crippen LogP contribution in [0.25, 0.3) is 6.08 Å². The number of benzene rings is 2. The third-order valence-corrected chi connectivity index (χ3v) is 3.33. The van der Waals surface area contributed by atoms with Crippen LogP contribution in [0.2, 0.25) is 0 Å².